The number of carbonyl (C=O) groups is 1. The largest absolute Gasteiger partial charge is 0.497 e. The highest BCUT2D eigenvalue weighted by Gasteiger charge is 2.13. The number of carbonyl (C=O) groups excluding carboxylic acids is 1. The van der Waals surface area contributed by atoms with Gasteiger partial charge >= 0.3 is 0 Å². The summed E-state index contributed by atoms with van der Waals surface area (Å²) in [7, 11) is 1.64. The number of benzene rings is 2. The van der Waals surface area contributed by atoms with Gasteiger partial charge in [-0.3, -0.25) is 4.79 Å². The summed E-state index contributed by atoms with van der Waals surface area (Å²) in [4.78, 5) is 17.9. The molecule has 4 aromatic rings. The first-order chi connectivity index (χ1) is 15.1. The van der Waals surface area contributed by atoms with Gasteiger partial charge in [0.15, 0.2) is 10.9 Å². The number of hydrogen-bond acceptors (Lipinski definition) is 7. The number of hydrogen-bond donors (Lipinski definition) is 1. The van der Waals surface area contributed by atoms with E-state index >= 15 is 0 Å². The van der Waals surface area contributed by atoms with Crippen LogP contribution >= 0.6 is 23.1 Å². The van der Waals surface area contributed by atoms with Gasteiger partial charge in [0.25, 0.3) is 0 Å². The Morgan fingerprint density at radius 1 is 1.16 bits per heavy atom. The highest BCUT2D eigenvalue weighted by atomic mass is 32.2. The Labute approximate surface area is 188 Å². The number of amides is 1. The Morgan fingerprint density at radius 2 is 1.97 bits per heavy atom. The van der Waals surface area contributed by atoms with Crippen molar-refractivity contribution in [3.8, 4) is 23.0 Å². The Hall–Kier alpha value is -2.97. The van der Waals surface area contributed by atoms with Crippen molar-refractivity contribution in [2.75, 3.05) is 24.8 Å². The molecule has 0 atom stereocenters. The number of nitrogens with one attached hydrogen (secondary N) is 1. The minimum absolute atomic E-state index is 0.0622. The van der Waals surface area contributed by atoms with Gasteiger partial charge in [-0.2, -0.15) is 0 Å². The molecule has 0 aliphatic heterocycles. The van der Waals surface area contributed by atoms with E-state index in [-0.39, 0.29) is 5.91 Å². The van der Waals surface area contributed by atoms with E-state index in [4.69, 9.17) is 13.9 Å². The van der Waals surface area contributed by atoms with E-state index in [2.05, 4.69) is 10.3 Å². The number of methoxy groups -OCH3 is 1. The summed E-state index contributed by atoms with van der Waals surface area (Å²) >= 11 is 3.01. The van der Waals surface area contributed by atoms with Crippen LogP contribution in [0.2, 0.25) is 0 Å². The van der Waals surface area contributed by atoms with Crippen molar-refractivity contribution in [3.63, 3.8) is 0 Å². The Balaban J connectivity index is 1.33. The monoisotopic (exact) mass is 454 g/mol. The lowest BCUT2D eigenvalue weighted by Gasteiger charge is -2.04. The average Bonchev–Trinajstić information content (AvgIpc) is 3.41. The molecule has 160 valence electrons. The van der Waals surface area contributed by atoms with Crippen molar-refractivity contribution in [3.05, 3.63) is 53.9 Å². The van der Waals surface area contributed by atoms with Gasteiger partial charge < -0.3 is 19.2 Å². The maximum atomic E-state index is 12.3. The van der Waals surface area contributed by atoms with Crippen LogP contribution in [0.3, 0.4) is 0 Å². The molecule has 0 radical (unpaired) electrons. The van der Waals surface area contributed by atoms with Crippen LogP contribution in [0, 0.1) is 0 Å². The SMILES string of the molecule is CCOc1ccc2oc(-c3csc(NC(=O)CCSc4ccc(OC)cc4)n3)cc2c1. The van der Waals surface area contributed by atoms with Crippen LogP contribution in [0.15, 0.2) is 63.2 Å². The maximum Gasteiger partial charge on any atom is 0.226 e. The smallest absolute Gasteiger partial charge is 0.226 e. The second kappa shape index (κ2) is 9.89. The molecule has 0 aliphatic carbocycles. The molecule has 0 unspecified atom stereocenters. The van der Waals surface area contributed by atoms with Crippen LogP contribution in [0.4, 0.5) is 5.13 Å². The van der Waals surface area contributed by atoms with Crippen LogP contribution in [-0.2, 0) is 4.79 Å². The summed E-state index contributed by atoms with van der Waals surface area (Å²) in [5, 5.41) is 6.26. The zero-order valence-corrected chi connectivity index (χ0v) is 18.8. The number of aromatic nitrogens is 1. The van der Waals surface area contributed by atoms with E-state index in [1.165, 1.54) is 11.3 Å². The summed E-state index contributed by atoms with van der Waals surface area (Å²) in [6.07, 6.45) is 0.399. The minimum Gasteiger partial charge on any atom is -0.497 e. The molecule has 4 rings (SSSR count). The molecule has 2 aromatic heterocycles. The Morgan fingerprint density at radius 3 is 2.74 bits per heavy atom. The third-order valence-electron chi connectivity index (χ3n) is 4.46. The van der Waals surface area contributed by atoms with E-state index in [0.717, 1.165) is 27.4 Å². The number of nitrogens with zero attached hydrogens (tertiary/aromatic N) is 1. The van der Waals surface area contributed by atoms with Crippen LogP contribution in [0.1, 0.15) is 13.3 Å². The molecular formula is C23H22N2O4S2. The second-order valence-electron chi connectivity index (χ2n) is 6.60. The van der Waals surface area contributed by atoms with Gasteiger partial charge in [-0.1, -0.05) is 0 Å². The minimum atomic E-state index is -0.0622. The third-order valence-corrected chi connectivity index (χ3v) is 6.23. The van der Waals surface area contributed by atoms with Gasteiger partial charge in [-0.05, 0) is 55.5 Å². The second-order valence-corrected chi connectivity index (χ2v) is 8.63. The average molecular weight is 455 g/mol. The molecule has 0 bridgehead atoms. The van der Waals surface area contributed by atoms with E-state index in [9.17, 15) is 4.79 Å². The molecule has 0 aliphatic rings. The number of thiazole rings is 1. The topological polar surface area (TPSA) is 73.6 Å². The lowest BCUT2D eigenvalue weighted by atomic mass is 10.2. The Bertz CT molecular complexity index is 1170. The van der Waals surface area contributed by atoms with Crippen molar-refractivity contribution < 1.29 is 18.7 Å². The van der Waals surface area contributed by atoms with E-state index in [0.29, 0.717) is 35.4 Å². The molecule has 0 fully saturated rings. The molecule has 8 heteroatoms. The third kappa shape index (κ3) is 5.39. The predicted octanol–water partition coefficient (Wildman–Crippen LogP) is 6.08. The lowest BCUT2D eigenvalue weighted by molar-refractivity contribution is -0.115. The van der Waals surface area contributed by atoms with E-state index in [1.807, 2.05) is 60.8 Å². The number of fused-ring (bicyclic) bond motifs is 1. The summed E-state index contributed by atoms with van der Waals surface area (Å²) in [6.45, 7) is 2.57. The van der Waals surface area contributed by atoms with Crippen molar-refractivity contribution in [2.45, 2.75) is 18.2 Å². The first-order valence-electron chi connectivity index (χ1n) is 9.83. The first-order valence-corrected chi connectivity index (χ1v) is 11.7. The predicted molar refractivity (Wildman–Crippen MR) is 125 cm³/mol. The fraction of sp³-hybridized carbons (Fsp3) is 0.217. The molecule has 2 heterocycles. The molecule has 6 nitrogen and oxygen atoms in total. The molecule has 1 amide bonds. The van der Waals surface area contributed by atoms with Crippen molar-refractivity contribution in [2.24, 2.45) is 0 Å². The summed E-state index contributed by atoms with van der Waals surface area (Å²) < 4.78 is 16.6. The fourth-order valence-corrected chi connectivity index (χ4v) is 4.53. The lowest BCUT2D eigenvalue weighted by Crippen LogP contribution is -2.11. The summed E-state index contributed by atoms with van der Waals surface area (Å²) in [6, 6.07) is 15.4. The summed E-state index contributed by atoms with van der Waals surface area (Å²) in [5.74, 6) is 2.91. The van der Waals surface area contributed by atoms with Gasteiger partial charge in [0.2, 0.25) is 5.91 Å². The van der Waals surface area contributed by atoms with Crippen LogP contribution in [0.25, 0.3) is 22.4 Å². The van der Waals surface area contributed by atoms with Crippen molar-refractivity contribution >= 4 is 45.1 Å². The van der Waals surface area contributed by atoms with Gasteiger partial charge in [-0.25, -0.2) is 4.98 Å². The number of furan rings is 1. The molecule has 0 spiro atoms. The van der Waals surface area contributed by atoms with Crippen LogP contribution in [0.5, 0.6) is 11.5 Å². The standard InChI is InChI=1S/C23H22N2O4S2/c1-3-28-17-6-9-20-15(12-17)13-21(29-20)19-14-31-23(24-19)25-22(26)10-11-30-18-7-4-16(27-2)5-8-18/h4-9,12-14H,3,10-11H2,1-2H3,(H,24,25,26). The molecule has 2 aromatic carbocycles. The number of anilines is 1. The number of ether oxygens (including phenoxy) is 2. The van der Waals surface area contributed by atoms with E-state index in [1.54, 1.807) is 18.9 Å². The molecule has 1 N–H and O–H groups in total. The van der Waals surface area contributed by atoms with Crippen molar-refractivity contribution in [1.82, 2.24) is 4.98 Å². The van der Waals surface area contributed by atoms with Crippen molar-refractivity contribution in [1.29, 1.82) is 0 Å². The van der Waals surface area contributed by atoms with Crippen LogP contribution < -0.4 is 14.8 Å². The highest BCUT2D eigenvalue weighted by Crippen LogP contribution is 2.32. The number of thioether (sulfide) groups is 1. The Kier molecular flexibility index (Phi) is 6.79. The van der Waals surface area contributed by atoms with Gasteiger partial charge in [-0.15, -0.1) is 23.1 Å². The van der Waals surface area contributed by atoms with Crippen LogP contribution in [-0.4, -0.2) is 30.4 Å². The quantitative estimate of drug-likeness (QED) is 0.309. The van der Waals surface area contributed by atoms with E-state index < -0.39 is 0 Å². The van der Waals surface area contributed by atoms with Gasteiger partial charge in [0.05, 0.1) is 13.7 Å². The molecule has 0 saturated carbocycles. The maximum absolute atomic E-state index is 12.3. The normalized spacial score (nSPS) is 10.9. The molecular weight excluding hydrogens is 432 g/mol. The first kappa shape index (κ1) is 21.3. The van der Waals surface area contributed by atoms with Gasteiger partial charge in [0.1, 0.15) is 22.8 Å². The zero-order chi connectivity index (χ0) is 21.6. The molecule has 31 heavy (non-hydrogen) atoms. The highest BCUT2D eigenvalue weighted by molar-refractivity contribution is 7.99. The summed E-state index contributed by atoms with van der Waals surface area (Å²) in [5.41, 5.74) is 1.47. The molecule has 0 saturated heterocycles. The zero-order valence-electron chi connectivity index (χ0n) is 17.2. The number of rotatable bonds is 9. The fourth-order valence-electron chi connectivity index (χ4n) is 2.96. The van der Waals surface area contributed by atoms with Gasteiger partial charge in [0, 0.05) is 27.8 Å².